The van der Waals surface area contributed by atoms with Crippen LogP contribution >= 0.6 is 11.6 Å². The maximum Gasteiger partial charge on any atom is 0.0406 e. The molecule has 1 unspecified atom stereocenters. The number of nitrogens with zero attached hydrogens (tertiary/aromatic N) is 2. The Balaban J connectivity index is 1.67. The minimum absolute atomic E-state index is 0.132. The molecule has 0 aromatic heterocycles. The van der Waals surface area contributed by atoms with Crippen LogP contribution in [0.2, 0.25) is 5.02 Å². The summed E-state index contributed by atoms with van der Waals surface area (Å²) in [7, 11) is 0. The molecule has 2 aliphatic rings. The lowest BCUT2D eigenvalue weighted by atomic mass is 9.78. The van der Waals surface area contributed by atoms with Crippen LogP contribution in [-0.2, 0) is 5.41 Å². The third-order valence-electron chi connectivity index (χ3n) is 6.50. The van der Waals surface area contributed by atoms with Gasteiger partial charge in [-0.25, -0.2) is 0 Å². The summed E-state index contributed by atoms with van der Waals surface area (Å²) in [5.74, 6) is 0. The van der Waals surface area contributed by atoms with Gasteiger partial charge in [0.25, 0.3) is 0 Å². The molecule has 1 aromatic rings. The average Bonchev–Trinajstić information content (AvgIpc) is 3.16. The van der Waals surface area contributed by atoms with E-state index in [2.05, 4.69) is 55.7 Å². The first-order chi connectivity index (χ1) is 12.8. The zero-order valence-corrected chi connectivity index (χ0v) is 18.4. The third-order valence-corrected chi connectivity index (χ3v) is 6.75. The first-order valence-corrected chi connectivity index (χ1v) is 11.1. The highest BCUT2D eigenvalue weighted by molar-refractivity contribution is 6.30. The molecule has 3 heteroatoms. The molecule has 1 atom stereocenters. The second-order valence-corrected chi connectivity index (χ2v) is 9.85. The van der Waals surface area contributed by atoms with E-state index in [1.54, 1.807) is 0 Å². The molecule has 0 spiro atoms. The quantitative estimate of drug-likeness (QED) is 0.559. The van der Waals surface area contributed by atoms with Crippen molar-refractivity contribution in [3.8, 4) is 0 Å². The largest absolute Gasteiger partial charge is 0.300 e. The number of hydrogen-bond donors (Lipinski definition) is 0. The summed E-state index contributed by atoms with van der Waals surface area (Å²) in [5.41, 5.74) is 2.94. The normalized spacial score (nSPS) is 21.4. The summed E-state index contributed by atoms with van der Waals surface area (Å²) in [6.45, 7) is 14.3. The molecule has 2 aliphatic heterocycles. The summed E-state index contributed by atoms with van der Waals surface area (Å²) in [4.78, 5) is 5.47. The Kier molecular flexibility index (Phi) is 7.05. The van der Waals surface area contributed by atoms with E-state index in [9.17, 15) is 0 Å². The number of hydrogen-bond acceptors (Lipinski definition) is 2. The summed E-state index contributed by atoms with van der Waals surface area (Å²) >= 11 is 6.10. The van der Waals surface area contributed by atoms with Crippen molar-refractivity contribution in [3.05, 3.63) is 46.5 Å². The number of likely N-dealkylation sites (tertiary alicyclic amines) is 2. The summed E-state index contributed by atoms with van der Waals surface area (Å²) in [5, 5.41) is 0.819. The van der Waals surface area contributed by atoms with Gasteiger partial charge in [-0.2, -0.15) is 0 Å². The van der Waals surface area contributed by atoms with Crippen LogP contribution in [-0.4, -0.2) is 48.1 Å². The van der Waals surface area contributed by atoms with Crippen molar-refractivity contribution in [2.24, 2.45) is 0 Å². The second-order valence-electron chi connectivity index (χ2n) is 9.42. The van der Waals surface area contributed by atoms with Gasteiger partial charge >= 0.3 is 0 Å². The van der Waals surface area contributed by atoms with Gasteiger partial charge < -0.3 is 4.90 Å². The molecule has 2 heterocycles. The molecule has 150 valence electrons. The van der Waals surface area contributed by atoms with E-state index in [1.165, 1.54) is 63.0 Å². The lowest BCUT2D eigenvalue weighted by Crippen LogP contribution is -2.48. The van der Waals surface area contributed by atoms with E-state index in [0.29, 0.717) is 6.04 Å². The van der Waals surface area contributed by atoms with E-state index in [0.717, 1.165) is 17.5 Å². The van der Waals surface area contributed by atoms with Crippen LogP contribution in [0.15, 0.2) is 35.9 Å². The molecule has 0 radical (unpaired) electrons. The predicted molar refractivity (Wildman–Crippen MR) is 118 cm³/mol. The molecule has 3 rings (SSSR count). The lowest BCUT2D eigenvalue weighted by Gasteiger charge is -2.42. The molecule has 1 aromatic carbocycles. The van der Waals surface area contributed by atoms with Crippen LogP contribution in [0.3, 0.4) is 0 Å². The molecular formula is C24H37ClN2. The molecular weight excluding hydrogens is 352 g/mol. The van der Waals surface area contributed by atoms with Gasteiger partial charge in [0.05, 0.1) is 0 Å². The van der Waals surface area contributed by atoms with Gasteiger partial charge in [0, 0.05) is 30.2 Å². The van der Waals surface area contributed by atoms with Crippen molar-refractivity contribution in [1.29, 1.82) is 0 Å². The molecule has 0 aliphatic carbocycles. The topological polar surface area (TPSA) is 6.48 Å². The smallest absolute Gasteiger partial charge is 0.0406 e. The monoisotopic (exact) mass is 388 g/mol. The van der Waals surface area contributed by atoms with E-state index in [1.807, 2.05) is 12.1 Å². The first-order valence-electron chi connectivity index (χ1n) is 10.7. The van der Waals surface area contributed by atoms with E-state index < -0.39 is 0 Å². The predicted octanol–water partition coefficient (Wildman–Crippen LogP) is 5.90. The third kappa shape index (κ3) is 5.59. The SMILES string of the molecule is CC(C)=CC(CC(C)(C)c1ccc(Cl)cc1)N1CCC(N2CCCC2)CC1. The fourth-order valence-electron chi connectivity index (χ4n) is 4.91. The van der Waals surface area contributed by atoms with Gasteiger partial charge in [0.15, 0.2) is 0 Å². The first kappa shape index (κ1) is 20.9. The highest BCUT2D eigenvalue weighted by Crippen LogP contribution is 2.33. The Morgan fingerprint density at radius 1 is 1.07 bits per heavy atom. The van der Waals surface area contributed by atoms with Gasteiger partial charge in [-0.3, -0.25) is 4.90 Å². The number of allylic oxidation sites excluding steroid dienone is 1. The zero-order valence-electron chi connectivity index (χ0n) is 17.7. The Morgan fingerprint density at radius 2 is 1.67 bits per heavy atom. The van der Waals surface area contributed by atoms with Gasteiger partial charge in [-0.1, -0.05) is 49.2 Å². The van der Waals surface area contributed by atoms with E-state index in [4.69, 9.17) is 11.6 Å². The second kappa shape index (κ2) is 9.11. The van der Waals surface area contributed by atoms with Crippen molar-refractivity contribution in [1.82, 2.24) is 9.80 Å². The van der Waals surface area contributed by atoms with Gasteiger partial charge in [0.2, 0.25) is 0 Å². The molecule has 0 bridgehead atoms. The van der Waals surface area contributed by atoms with Crippen molar-refractivity contribution in [2.75, 3.05) is 26.2 Å². The summed E-state index contributed by atoms with van der Waals surface area (Å²) in [6.07, 6.45) is 9.09. The van der Waals surface area contributed by atoms with Gasteiger partial charge in [0.1, 0.15) is 0 Å². The van der Waals surface area contributed by atoms with Crippen LogP contribution in [0.4, 0.5) is 0 Å². The summed E-state index contributed by atoms with van der Waals surface area (Å²) in [6, 6.07) is 9.77. The Bertz CT molecular complexity index is 616. The average molecular weight is 389 g/mol. The highest BCUT2D eigenvalue weighted by atomic mass is 35.5. The van der Waals surface area contributed by atoms with Crippen LogP contribution in [0, 0.1) is 0 Å². The van der Waals surface area contributed by atoms with Crippen LogP contribution in [0.1, 0.15) is 65.4 Å². The van der Waals surface area contributed by atoms with Crippen molar-refractivity contribution in [2.45, 2.75) is 77.3 Å². The van der Waals surface area contributed by atoms with Crippen molar-refractivity contribution < 1.29 is 0 Å². The van der Waals surface area contributed by atoms with Gasteiger partial charge in [-0.15, -0.1) is 0 Å². The Hall–Kier alpha value is -0.830. The minimum Gasteiger partial charge on any atom is -0.300 e. The molecule has 2 nitrogen and oxygen atoms in total. The number of piperidine rings is 1. The van der Waals surface area contributed by atoms with E-state index in [-0.39, 0.29) is 5.41 Å². The molecule has 2 saturated heterocycles. The summed E-state index contributed by atoms with van der Waals surface area (Å²) < 4.78 is 0. The number of benzene rings is 1. The maximum absolute atomic E-state index is 6.10. The van der Waals surface area contributed by atoms with E-state index >= 15 is 0 Å². The Labute approximate surface area is 171 Å². The molecule has 27 heavy (non-hydrogen) atoms. The van der Waals surface area contributed by atoms with Crippen molar-refractivity contribution >= 4 is 11.6 Å². The van der Waals surface area contributed by atoms with Gasteiger partial charge in [-0.05, 0) is 82.2 Å². The fourth-order valence-corrected chi connectivity index (χ4v) is 5.04. The minimum atomic E-state index is 0.132. The molecule has 2 fully saturated rings. The fraction of sp³-hybridized carbons (Fsp3) is 0.667. The molecule has 0 amide bonds. The molecule has 0 N–H and O–H groups in total. The van der Waals surface area contributed by atoms with Crippen LogP contribution in [0.25, 0.3) is 0 Å². The van der Waals surface area contributed by atoms with Crippen LogP contribution in [0.5, 0.6) is 0 Å². The maximum atomic E-state index is 6.10. The van der Waals surface area contributed by atoms with Crippen LogP contribution < -0.4 is 0 Å². The lowest BCUT2D eigenvalue weighted by molar-refractivity contribution is 0.100. The highest BCUT2D eigenvalue weighted by Gasteiger charge is 2.32. The van der Waals surface area contributed by atoms with Crippen molar-refractivity contribution in [3.63, 3.8) is 0 Å². The zero-order chi connectivity index (χ0) is 19.4. The number of halogens is 1. The number of rotatable bonds is 6. The Morgan fingerprint density at radius 3 is 2.22 bits per heavy atom. The molecule has 0 saturated carbocycles. The standard InChI is InChI=1S/C24H37ClN2/c1-19(2)17-23(18-24(3,4)20-7-9-21(25)10-8-20)27-15-11-22(12-16-27)26-13-5-6-14-26/h7-10,17,22-23H,5-6,11-16,18H2,1-4H3.